The lowest BCUT2D eigenvalue weighted by Gasteiger charge is -2.14. The van der Waals surface area contributed by atoms with E-state index in [1.54, 1.807) is 19.1 Å². The number of nitrogens with one attached hydrogen (secondary N) is 1. The molecule has 1 amide bonds. The standard InChI is InChI=1S/C19H21NO3/c1-13-7-6-10-16(11-13)18(21)20-15(3)19(22)23-12-17-9-5-4-8-14(17)2/h4-11,15H,12H2,1-3H3,(H,20,21). The predicted molar refractivity (Wildman–Crippen MR) is 89.1 cm³/mol. The summed E-state index contributed by atoms with van der Waals surface area (Å²) in [7, 11) is 0. The molecular weight excluding hydrogens is 290 g/mol. The van der Waals surface area contributed by atoms with Gasteiger partial charge in [-0.1, -0.05) is 42.0 Å². The molecule has 0 radical (unpaired) electrons. The fourth-order valence-electron chi connectivity index (χ4n) is 2.17. The highest BCUT2D eigenvalue weighted by atomic mass is 16.5. The summed E-state index contributed by atoms with van der Waals surface area (Å²) in [5.41, 5.74) is 3.55. The van der Waals surface area contributed by atoms with Crippen molar-refractivity contribution in [3.8, 4) is 0 Å². The SMILES string of the molecule is Cc1cccc(C(=O)NC(C)C(=O)OCc2ccccc2C)c1. The molecule has 0 aromatic heterocycles. The highest BCUT2D eigenvalue weighted by Gasteiger charge is 2.18. The van der Waals surface area contributed by atoms with Gasteiger partial charge in [0.25, 0.3) is 5.91 Å². The van der Waals surface area contributed by atoms with Crippen LogP contribution in [0.1, 0.15) is 34.0 Å². The second kappa shape index (κ2) is 7.58. The normalized spacial score (nSPS) is 11.6. The molecule has 1 atom stereocenters. The highest BCUT2D eigenvalue weighted by Crippen LogP contribution is 2.09. The molecule has 2 aromatic carbocycles. The number of esters is 1. The van der Waals surface area contributed by atoms with Crippen LogP contribution >= 0.6 is 0 Å². The largest absolute Gasteiger partial charge is 0.459 e. The molecule has 0 fully saturated rings. The molecule has 0 spiro atoms. The third-order valence-electron chi connectivity index (χ3n) is 3.61. The smallest absolute Gasteiger partial charge is 0.328 e. The van der Waals surface area contributed by atoms with Crippen LogP contribution in [0.5, 0.6) is 0 Å². The minimum absolute atomic E-state index is 0.205. The molecule has 0 aliphatic rings. The molecule has 1 unspecified atom stereocenters. The summed E-state index contributed by atoms with van der Waals surface area (Å²) < 4.78 is 5.28. The number of aryl methyl sites for hydroxylation is 2. The van der Waals surface area contributed by atoms with Gasteiger partial charge in [-0.25, -0.2) is 4.79 Å². The number of hydrogen-bond donors (Lipinski definition) is 1. The Kier molecular flexibility index (Phi) is 5.52. The van der Waals surface area contributed by atoms with Crippen molar-refractivity contribution in [2.24, 2.45) is 0 Å². The maximum Gasteiger partial charge on any atom is 0.328 e. The van der Waals surface area contributed by atoms with Gasteiger partial charge in [-0.2, -0.15) is 0 Å². The van der Waals surface area contributed by atoms with Crippen LogP contribution in [-0.4, -0.2) is 17.9 Å². The molecule has 0 aliphatic carbocycles. The van der Waals surface area contributed by atoms with Crippen LogP contribution in [0, 0.1) is 13.8 Å². The van der Waals surface area contributed by atoms with Crippen molar-refractivity contribution >= 4 is 11.9 Å². The number of hydrogen-bond acceptors (Lipinski definition) is 3. The second-order valence-corrected chi connectivity index (χ2v) is 5.60. The lowest BCUT2D eigenvalue weighted by Crippen LogP contribution is -2.39. The lowest BCUT2D eigenvalue weighted by molar-refractivity contribution is -0.146. The average Bonchev–Trinajstić information content (AvgIpc) is 2.53. The summed E-state index contributed by atoms with van der Waals surface area (Å²) in [5.74, 6) is -0.733. The van der Waals surface area contributed by atoms with Crippen LogP contribution in [-0.2, 0) is 16.1 Å². The molecule has 0 saturated carbocycles. The topological polar surface area (TPSA) is 55.4 Å². The number of ether oxygens (including phenoxy) is 1. The summed E-state index contributed by atoms with van der Waals surface area (Å²) in [6.07, 6.45) is 0. The van der Waals surface area contributed by atoms with Crippen LogP contribution in [0.25, 0.3) is 0 Å². The number of rotatable bonds is 5. The number of carbonyl (C=O) groups is 2. The fourth-order valence-corrected chi connectivity index (χ4v) is 2.17. The first kappa shape index (κ1) is 16.7. The lowest BCUT2D eigenvalue weighted by atomic mass is 10.1. The third-order valence-corrected chi connectivity index (χ3v) is 3.61. The van der Waals surface area contributed by atoms with Gasteiger partial charge < -0.3 is 10.1 Å². The Morgan fingerprint density at radius 3 is 2.52 bits per heavy atom. The van der Waals surface area contributed by atoms with Gasteiger partial charge >= 0.3 is 5.97 Å². The van der Waals surface area contributed by atoms with Gasteiger partial charge in [-0.15, -0.1) is 0 Å². The Labute approximate surface area is 136 Å². The number of carbonyl (C=O) groups excluding carboxylic acids is 2. The molecular formula is C19H21NO3. The van der Waals surface area contributed by atoms with Crippen molar-refractivity contribution in [1.82, 2.24) is 5.32 Å². The monoisotopic (exact) mass is 311 g/mol. The van der Waals surface area contributed by atoms with Crippen LogP contribution in [0.2, 0.25) is 0 Å². The van der Waals surface area contributed by atoms with Crippen molar-refractivity contribution in [3.63, 3.8) is 0 Å². The zero-order chi connectivity index (χ0) is 16.8. The van der Waals surface area contributed by atoms with Gasteiger partial charge in [0, 0.05) is 5.56 Å². The van der Waals surface area contributed by atoms with E-state index in [9.17, 15) is 9.59 Å². The molecule has 120 valence electrons. The molecule has 0 bridgehead atoms. The number of benzene rings is 2. The highest BCUT2D eigenvalue weighted by molar-refractivity contribution is 5.96. The first-order valence-corrected chi connectivity index (χ1v) is 7.56. The van der Waals surface area contributed by atoms with Crippen LogP contribution in [0.3, 0.4) is 0 Å². The summed E-state index contributed by atoms with van der Waals surface area (Å²) in [6, 6.07) is 14.2. The Hall–Kier alpha value is -2.62. The van der Waals surface area contributed by atoms with Crippen molar-refractivity contribution in [1.29, 1.82) is 0 Å². The molecule has 0 heterocycles. The average molecular weight is 311 g/mol. The zero-order valence-electron chi connectivity index (χ0n) is 13.6. The van der Waals surface area contributed by atoms with Gasteiger partial charge in [0.15, 0.2) is 0 Å². The van der Waals surface area contributed by atoms with Gasteiger partial charge in [0.1, 0.15) is 12.6 Å². The molecule has 4 nitrogen and oxygen atoms in total. The summed E-state index contributed by atoms with van der Waals surface area (Å²) in [6.45, 7) is 5.70. The van der Waals surface area contributed by atoms with Gasteiger partial charge in [0.05, 0.1) is 0 Å². The van der Waals surface area contributed by atoms with E-state index in [1.807, 2.05) is 50.2 Å². The van der Waals surface area contributed by atoms with Crippen molar-refractivity contribution in [3.05, 3.63) is 70.8 Å². The third kappa shape index (κ3) is 4.68. The summed E-state index contributed by atoms with van der Waals surface area (Å²) in [4.78, 5) is 24.1. The van der Waals surface area contributed by atoms with Gasteiger partial charge in [-0.05, 0) is 44.0 Å². The van der Waals surface area contributed by atoms with E-state index in [-0.39, 0.29) is 12.5 Å². The van der Waals surface area contributed by atoms with Crippen LogP contribution < -0.4 is 5.32 Å². The van der Waals surface area contributed by atoms with E-state index in [2.05, 4.69) is 5.32 Å². The molecule has 4 heteroatoms. The summed E-state index contributed by atoms with van der Waals surface area (Å²) in [5, 5.41) is 2.66. The number of amides is 1. The van der Waals surface area contributed by atoms with Gasteiger partial charge in [0.2, 0.25) is 0 Å². The Morgan fingerprint density at radius 1 is 1.09 bits per heavy atom. The zero-order valence-corrected chi connectivity index (χ0v) is 13.6. The Balaban J connectivity index is 1.90. The first-order valence-electron chi connectivity index (χ1n) is 7.56. The van der Waals surface area contributed by atoms with Crippen molar-refractivity contribution in [2.75, 3.05) is 0 Å². The van der Waals surface area contributed by atoms with Crippen molar-refractivity contribution < 1.29 is 14.3 Å². The molecule has 2 rings (SSSR count). The van der Waals surface area contributed by atoms with E-state index in [4.69, 9.17) is 4.74 Å². The fraction of sp³-hybridized carbons (Fsp3) is 0.263. The van der Waals surface area contributed by atoms with E-state index in [0.717, 1.165) is 16.7 Å². The summed E-state index contributed by atoms with van der Waals surface area (Å²) >= 11 is 0. The molecule has 1 N–H and O–H groups in total. The second-order valence-electron chi connectivity index (χ2n) is 5.60. The van der Waals surface area contributed by atoms with E-state index in [1.165, 1.54) is 0 Å². The first-order chi connectivity index (χ1) is 11.0. The molecule has 2 aromatic rings. The maximum absolute atomic E-state index is 12.1. The Morgan fingerprint density at radius 2 is 1.83 bits per heavy atom. The Bertz CT molecular complexity index is 709. The van der Waals surface area contributed by atoms with Crippen LogP contribution in [0.4, 0.5) is 0 Å². The van der Waals surface area contributed by atoms with E-state index < -0.39 is 12.0 Å². The molecule has 23 heavy (non-hydrogen) atoms. The molecule has 0 aliphatic heterocycles. The maximum atomic E-state index is 12.1. The minimum Gasteiger partial charge on any atom is -0.459 e. The minimum atomic E-state index is -0.702. The van der Waals surface area contributed by atoms with E-state index in [0.29, 0.717) is 5.56 Å². The predicted octanol–water partition coefficient (Wildman–Crippen LogP) is 3.17. The molecule has 0 saturated heterocycles. The van der Waals surface area contributed by atoms with Crippen LogP contribution in [0.15, 0.2) is 48.5 Å². The van der Waals surface area contributed by atoms with Gasteiger partial charge in [-0.3, -0.25) is 4.79 Å². The quantitative estimate of drug-likeness (QED) is 0.863. The van der Waals surface area contributed by atoms with E-state index >= 15 is 0 Å². The van der Waals surface area contributed by atoms with Crippen molar-refractivity contribution in [2.45, 2.75) is 33.4 Å².